The van der Waals surface area contributed by atoms with Gasteiger partial charge in [0.05, 0.1) is 34.9 Å². The zero-order valence-electron chi connectivity index (χ0n) is 17.4. The third-order valence-electron chi connectivity index (χ3n) is 5.58. The molecule has 2 fully saturated rings. The van der Waals surface area contributed by atoms with Gasteiger partial charge in [0.1, 0.15) is 0 Å². The molecule has 1 aromatic heterocycles. The van der Waals surface area contributed by atoms with Gasteiger partial charge in [-0.05, 0) is 31.5 Å². The molecule has 1 atom stereocenters. The van der Waals surface area contributed by atoms with E-state index in [9.17, 15) is 14.4 Å². The van der Waals surface area contributed by atoms with Crippen molar-refractivity contribution in [1.82, 2.24) is 20.2 Å². The molecule has 1 unspecified atom stereocenters. The van der Waals surface area contributed by atoms with Gasteiger partial charge in [0, 0.05) is 26.2 Å². The first-order chi connectivity index (χ1) is 15.0. The van der Waals surface area contributed by atoms with Crippen LogP contribution in [0.2, 0.25) is 0 Å². The van der Waals surface area contributed by atoms with Crippen LogP contribution in [-0.4, -0.2) is 77.0 Å². The number of benzene rings is 1. The zero-order chi connectivity index (χ0) is 22.4. The molecule has 3 heterocycles. The Bertz CT molecular complexity index is 994. The normalized spacial score (nSPS) is 18.9. The van der Waals surface area contributed by atoms with Gasteiger partial charge < -0.3 is 30.6 Å². The Morgan fingerprint density at radius 3 is 2.48 bits per heavy atom. The van der Waals surface area contributed by atoms with Crippen molar-refractivity contribution in [2.24, 2.45) is 0 Å². The van der Waals surface area contributed by atoms with Crippen LogP contribution in [0.4, 0.5) is 11.4 Å². The van der Waals surface area contributed by atoms with Crippen LogP contribution in [0, 0.1) is 0 Å². The molecular weight excluding hydrogens is 404 g/mol. The van der Waals surface area contributed by atoms with Crippen molar-refractivity contribution in [3.63, 3.8) is 0 Å². The van der Waals surface area contributed by atoms with Crippen LogP contribution in [0.5, 0.6) is 0 Å². The third kappa shape index (κ3) is 5.23. The van der Waals surface area contributed by atoms with Crippen molar-refractivity contribution in [2.45, 2.75) is 32.2 Å². The van der Waals surface area contributed by atoms with Crippen LogP contribution < -0.4 is 21.2 Å². The van der Waals surface area contributed by atoms with E-state index in [1.54, 1.807) is 6.07 Å². The lowest BCUT2D eigenvalue weighted by atomic mass is 10.1. The summed E-state index contributed by atoms with van der Waals surface area (Å²) in [5.74, 6) is -0.313. The summed E-state index contributed by atoms with van der Waals surface area (Å²) in [6.45, 7) is 5.65. The minimum Gasteiger partial charge on any atom is -0.483 e. The smallest absolute Gasteiger partial charge is 0.323 e. The number of nitrogens with one attached hydrogen (secondary N) is 4. The van der Waals surface area contributed by atoms with Crippen LogP contribution in [0.1, 0.15) is 26.2 Å². The van der Waals surface area contributed by atoms with E-state index in [1.807, 2.05) is 17.9 Å². The maximum atomic E-state index is 12.8. The number of rotatable bonds is 5. The number of hydrogen-bond donors (Lipinski definition) is 5. The van der Waals surface area contributed by atoms with Gasteiger partial charge in [-0.3, -0.25) is 19.3 Å². The highest BCUT2D eigenvalue weighted by Crippen LogP contribution is 2.32. The Kier molecular flexibility index (Phi) is 7.29. The largest absolute Gasteiger partial charge is 0.483 e. The summed E-state index contributed by atoms with van der Waals surface area (Å²) in [6, 6.07) is 3.24. The number of aromatic nitrogens is 2. The average Bonchev–Trinajstić information content (AvgIpc) is 3.38. The zero-order valence-corrected chi connectivity index (χ0v) is 17.4. The predicted molar refractivity (Wildman–Crippen MR) is 116 cm³/mol. The quantitative estimate of drug-likeness (QED) is 0.427. The van der Waals surface area contributed by atoms with Crippen molar-refractivity contribution in [3.8, 4) is 0 Å². The summed E-state index contributed by atoms with van der Waals surface area (Å²) in [5.41, 5.74) is 2.65. The highest BCUT2D eigenvalue weighted by molar-refractivity contribution is 6.00. The summed E-state index contributed by atoms with van der Waals surface area (Å²) in [7, 11) is 0. The van der Waals surface area contributed by atoms with Gasteiger partial charge in [0.2, 0.25) is 11.8 Å². The molecule has 2 saturated heterocycles. The molecule has 2 aliphatic heterocycles. The Morgan fingerprint density at radius 1 is 1.19 bits per heavy atom. The van der Waals surface area contributed by atoms with Crippen molar-refractivity contribution in [3.05, 3.63) is 22.6 Å². The molecule has 168 valence electrons. The topological polar surface area (TPSA) is 151 Å². The van der Waals surface area contributed by atoms with Gasteiger partial charge in [0.15, 0.2) is 0 Å². The fourth-order valence-electron chi connectivity index (χ4n) is 4.13. The molecule has 0 radical (unpaired) electrons. The molecule has 2 aliphatic rings. The Hall–Kier alpha value is -3.34. The van der Waals surface area contributed by atoms with Gasteiger partial charge in [-0.15, -0.1) is 0 Å². The molecule has 11 heteroatoms. The fraction of sp³-hybridized carbons (Fsp3) is 0.500. The molecule has 2 amide bonds. The SMILES string of the molecule is CCN1CCNC(=O)C1CC(=O)Nc1cc2[nH]c(=O)[nH]c2cc1N1CCCC1.O=CO. The molecule has 11 nitrogen and oxygen atoms in total. The maximum absolute atomic E-state index is 12.8. The molecule has 2 aromatic rings. The second-order valence-electron chi connectivity index (χ2n) is 7.48. The lowest BCUT2D eigenvalue weighted by Gasteiger charge is -2.33. The molecule has 0 aliphatic carbocycles. The van der Waals surface area contributed by atoms with Gasteiger partial charge in [-0.2, -0.15) is 0 Å². The van der Waals surface area contributed by atoms with E-state index in [0.29, 0.717) is 23.3 Å². The number of hydrogen-bond acceptors (Lipinski definition) is 6. The number of imidazole rings is 1. The Morgan fingerprint density at radius 2 is 1.84 bits per heavy atom. The van der Waals surface area contributed by atoms with Crippen LogP contribution in [0.25, 0.3) is 11.0 Å². The lowest BCUT2D eigenvalue weighted by Crippen LogP contribution is -2.56. The highest BCUT2D eigenvalue weighted by atomic mass is 16.3. The minimum absolute atomic E-state index is 0.0980. The third-order valence-corrected chi connectivity index (χ3v) is 5.58. The summed E-state index contributed by atoms with van der Waals surface area (Å²) < 4.78 is 0. The van der Waals surface area contributed by atoms with Crippen LogP contribution in [0.3, 0.4) is 0 Å². The molecule has 5 N–H and O–H groups in total. The first kappa shape index (κ1) is 22.3. The van der Waals surface area contributed by atoms with Crippen LogP contribution >= 0.6 is 0 Å². The van der Waals surface area contributed by atoms with E-state index in [0.717, 1.165) is 44.7 Å². The molecule has 0 spiro atoms. The van der Waals surface area contributed by atoms with Crippen molar-refractivity contribution in [1.29, 1.82) is 0 Å². The number of carbonyl (C=O) groups is 3. The van der Waals surface area contributed by atoms with Gasteiger partial charge in [0.25, 0.3) is 6.47 Å². The van der Waals surface area contributed by atoms with E-state index < -0.39 is 6.04 Å². The maximum Gasteiger partial charge on any atom is 0.323 e. The summed E-state index contributed by atoms with van der Waals surface area (Å²) in [4.78, 5) is 54.8. The fourth-order valence-corrected chi connectivity index (χ4v) is 4.13. The van der Waals surface area contributed by atoms with Gasteiger partial charge >= 0.3 is 5.69 Å². The number of likely N-dealkylation sites (N-methyl/N-ethyl adjacent to an activating group) is 1. The Balaban J connectivity index is 0.000000858. The molecule has 0 bridgehead atoms. The van der Waals surface area contributed by atoms with Crippen molar-refractivity contribution < 1.29 is 19.5 Å². The van der Waals surface area contributed by atoms with Crippen LogP contribution in [0.15, 0.2) is 16.9 Å². The minimum atomic E-state index is -0.454. The number of H-pyrrole nitrogens is 2. The number of fused-ring (bicyclic) bond motifs is 1. The number of piperazine rings is 1. The van der Waals surface area contributed by atoms with E-state index in [-0.39, 0.29) is 30.4 Å². The summed E-state index contributed by atoms with van der Waals surface area (Å²) in [5, 5.41) is 12.7. The first-order valence-electron chi connectivity index (χ1n) is 10.4. The number of amides is 2. The molecule has 31 heavy (non-hydrogen) atoms. The standard InChI is InChI=1S/C19H26N6O3.CH2O2/c1-2-24-8-5-20-18(27)16(24)11-17(26)21-14-9-12-13(23-19(28)22-12)10-15(14)25-6-3-4-7-25;2-1-3/h9-10,16H,2-8,11H2,1H3,(H,20,27)(H,21,26)(H2,22,23,28);1H,(H,2,3). The summed E-state index contributed by atoms with van der Waals surface area (Å²) in [6.07, 6.45) is 2.30. The number of aromatic amines is 2. The summed E-state index contributed by atoms with van der Waals surface area (Å²) >= 11 is 0. The number of anilines is 2. The monoisotopic (exact) mass is 432 g/mol. The van der Waals surface area contributed by atoms with E-state index >= 15 is 0 Å². The number of carbonyl (C=O) groups excluding carboxylic acids is 2. The highest BCUT2D eigenvalue weighted by Gasteiger charge is 2.31. The number of nitrogens with zero attached hydrogens (tertiary/aromatic N) is 2. The van der Waals surface area contributed by atoms with E-state index in [2.05, 4.69) is 25.5 Å². The van der Waals surface area contributed by atoms with Gasteiger partial charge in [-0.25, -0.2) is 4.79 Å². The second-order valence-corrected chi connectivity index (χ2v) is 7.48. The van der Waals surface area contributed by atoms with Gasteiger partial charge in [-0.1, -0.05) is 6.92 Å². The first-order valence-corrected chi connectivity index (χ1v) is 10.4. The number of carboxylic acid groups (broad SMARTS) is 1. The Labute approximate surface area is 178 Å². The predicted octanol–water partition coefficient (Wildman–Crippen LogP) is 0.306. The van der Waals surface area contributed by atoms with Crippen molar-refractivity contribution >= 4 is 40.7 Å². The molecule has 1 aromatic carbocycles. The molecule has 0 saturated carbocycles. The molecule has 4 rings (SSSR count). The second kappa shape index (κ2) is 10.1. The lowest BCUT2D eigenvalue weighted by molar-refractivity contribution is -0.132. The van der Waals surface area contributed by atoms with E-state index in [4.69, 9.17) is 9.90 Å². The van der Waals surface area contributed by atoms with Crippen molar-refractivity contribution in [2.75, 3.05) is 42.9 Å². The average molecular weight is 432 g/mol. The molecular formula is C20H28N6O5. The van der Waals surface area contributed by atoms with E-state index in [1.165, 1.54) is 0 Å². The van der Waals surface area contributed by atoms with Crippen LogP contribution in [-0.2, 0) is 14.4 Å².